The summed E-state index contributed by atoms with van der Waals surface area (Å²) in [6.45, 7) is 5.43. The van der Waals surface area contributed by atoms with Gasteiger partial charge in [-0.15, -0.1) is 0 Å². The van der Waals surface area contributed by atoms with Crippen LogP contribution in [-0.4, -0.2) is 55.4 Å². The number of hydrogen-bond acceptors (Lipinski definition) is 7. The summed E-state index contributed by atoms with van der Waals surface area (Å²) in [6, 6.07) is 1.66. The van der Waals surface area contributed by atoms with Gasteiger partial charge >= 0.3 is 6.09 Å². The van der Waals surface area contributed by atoms with Crippen molar-refractivity contribution in [3.63, 3.8) is 0 Å². The van der Waals surface area contributed by atoms with E-state index < -0.39 is 28.3 Å². The van der Waals surface area contributed by atoms with E-state index in [1.54, 1.807) is 25.7 Å². The van der Waals surface area contributed by atoms with Crippen LogP contribution in [-0.2, 0) is 14.3 Å². The predicted molar refractivity (Wildman–Crippen MR) is 108 cm³/mol. The van der Waals surface area contributed by atoms with Crippen LogP contribution in [0.1, 0.15) is 33.6 Å². The second kappa shape index (κ2) is 9.70. The van der Waals surface area contributed by atoms with Gasteiger partial charge in [-0.25, -0.2) is 9.18 Å². The van der Waals surface area contributed by atoms with E-state index in [1.165, 1.54) is 7.11 Å². The van der Waals surface area contributed by atoms with E-state index in [2.05, 4.69) is 10.6 Å². The summed E-state index contributed by atoms with van der Waals surface area (Å²) in [5.74, 6) is -1.44. The molecule has 1 aromatic carbocycles. The van der Waals surface area contributed by atoms with Crippen LogP contribution in [0.15, 0.2) is 12.1 Å². The van der Waals surface area contributed by atoms with E-state index in [0.29, 0.717) is 19.4 Å². The van der Waals surface area contributed by atoms with Gasteiger partial charge in [0, 0.05) is 32.3 Å². The minimum atomic E-state index is -0.800. The monoisotopic (exact) mass is 426 g/mol. The highest BCUT2D eigenvalue weighted by molar-refractivity contribution is 5.97. The fourth-order valence-electron chi connectivity index (χ4n) is 3.28. The van der Waals surface area contributed by atoms with Crippen molar-refractivity contribution in [2.75, 3.05) is 37.0 Å². The molecule has 0 bridgehead atoms. The highest BCUT2D eigenvalue weighted by Gasteiger charge is 2.34. The predicted octanol–water partition coefficient (Wildman–Crippen LogP) is 2.81. The molecule has 1 aliphatic heterocycles. The number of ether oxygens (including phenoxy) is 2. The lowest BCUT2D eigenvalue weighted by atomic mass is 10.1. The summed E-state index contributed by atoms with van der Waals surface area (Å²) >= 11 is 0. The number of nitro benzene ring substituents is 1. The number of halogens is 1. The molecule has 11 heteroatoms. The van der Waals surface area contributed by atoms with Gasteiger partial charge in [-0.2, -0.15) is 0 Å². The molecule has 2 N–H and O–H groups in total. The first-order chi connectivity index (χ1) is 14.0. The third-order valence-corrected chi connectivity index (χ3v) is 4.39. The highest BCUT2D eigenvalue weighted by Crippen LogP contribution is 2.41. The molecule has 2 amide bonds. The number of nitro groups is 1. The Morgan fingerprint density at radius 3 is 2.67 bits per heavy atom. The Morgan fingerprint density at radius 2 is 2.07 bits per heavy atom. The van der Waals surface area contributed by atoms with Crippen LogP contribution in [0.5, 0.6) is 0 Å². The average molecular weight is 426 g/mol. The van der Waals surface area contributed by atoms with Crippen LogP contribution in [0.4, 0.5) is 26.2 Å². The molecule has 10 nitrogen and oxygen atoms in total. The summed E-state index contributed by atoms with van der Waals surface area (Å²) in [4.78, 5) is 36.6. The summed E-state index contributed by atoms with van der Waals surface area (Å²) in [5, 5.41) is 16.6. The molecule has 1 heterocycles. The molecular formula is C19H27FN4O6. The Hall–Kier alpha value is -2.95. The first-order valence-electron chi connectivity index (χ1n) is 9.52. The number of rotatable bonds is 7. The van der Waals surface area contributed by atoms with Gasteiger partial charge in [0.25, 0.3) is 5.69 Å². The van der Waals surface area contributed by atoms with Crippen LogP contribution in [0.2, 0.25) is 0 Å². The van der Waals surface area contributed by atoms with Gasteiger partial charge in [0.1, 0.15) is 29.4 Å². The van der Waals surface area contributed by atoms with Crippen molar-refractivity contribution >= 4 is 29.1 Å². The van der Waals surface area contributed by atoms with Crippen molar-refractivity contribution in [1.82, 2.24) is 5.32 Å². The molecule has 0 aromatic heterocycles. The lowest BCUT2D eigenvalue weighted by molar-refractivity contribution is -0.384. The molecule has 1 aliphatic rings. The van der Waals surface area contributed by atoms with E-state index >= 15 is 0 Å². The molecule has 1 fully saturated rings. The minimum Gasteiger partial charge on any atom is -0.444 e. The van der Waals surface area contributed by atoms with E-state index in [4.69, 9.17) is 9.47 Å². The molecule has 0 spiro atoms. The fourth-order valence-corrected chi connectivity index (χ4v) is 3.28. The number of alkyl carbamates (subject to hydrolysis) is 1. The first-order valence-corrected chi connectivity index (χ1v) is 9.52. The molecule has 0 saturated carbocycles. The molecule has 1 atom stereocenters. The van der Waals surface area contributed by atoms with Crippen LogP contribution in [0, 0.1) is 15.9 Å². The Balaban J connectivity index is 2.32. The summed E-state index contributed by atoms with van der Waals surface area (Å²) < 4.78 is 24.5. The van der Waals surface area contributed by atoms with Crippen molar-refractivity contribution in [1.29, 1.82) is 0 Å². The van der Waals surface area contributed by atoms with E-state index in [9.17, 15) is 24.1 Å². The molecule has 30 heavy (non-hydrogen) atoms. The molecule has 1 aromatic rings. The molecule has 0 aliphatic carbocycles. The lowest BCUT2D eigenvalue weighted by Crippen LogP contribution is -2.42. The number of hydrogen-bond donors (Lipinski definition) is 2. The molecule has 1 saturated heterocycles. The van der Waals surface area contributed by atoms with Gasteiger partial charge in [0.05, 0.1) is 4.92 Å². The second-order valence-electron chi connectivity index (χ2n) is 7.90. The standard InChI is InChI=1S/C19H27FN4O6/c1-19(2,3)30-18(26)21-10-12-6-5-9-23(12)17-14(24(27)28)8-7-13(20)16(17)22-15(25)11-29-4/h7-8,12H,5-6,9-11H2,1-4H3,(H,21,26)(H,22,25)/t12-/m0/s1. The van der Waals surface area contributed by atoms with Gasteiger partial charge in [-0.1, -0.05) is 0 Å². The SMILES string of the molecule is COCC(=O)Nc1c(F)ccc([N+](=O)[O-])c1N1CCC[C@H]1CNC(=O)OC(C)(C)C. The number of anilines is 2. The maximum absolute atomic E-state index is 14.6. The minimum absolute atomic E-state index is 0.0297. The maximum Gasteiger partial charge on any atom is 0.407 e. The van der Waals surface area contributed by atoms with Crippen LogP contribution < -0.4 is 15.5 Å². The third kappa shape index (κ3) is 6.02. The van der Waals surface area contributed by atoms with E-state index in [1.807, 2.05) is 0 Å². The van der Waals surface area contributed by atoms with Crippen molar-refractivity contribution in [2.45, 2.75) is 45.3 Å². The van der Waals surface area contributed by atoms with Crippen molar-refractivity contribution in [3.8, 4) is 0 Å². The second-order valence-corrected chi connectivity index (χ2v) is 7.90. The van der Waals surface area contributed by atoms with Crippen molar-refractivity contribution in [3.05, 3.63) is 28.1 Å². The average Bonchev–Trinajstić information content (AvgIpc) is 3.08. The zero-order chi connectivity index (χ0) is 22.5. The van der Waals surface area contributed by atoms with Crippen molar-refractivity contribution in [2.24, 2.45) is 0 Å². The normalized spacial score (nSPS) is 16.3. The highest BCUT2D eigenvalue weighted by atomic mass is 19.1. The molecule has 2 rings (SSSR count). The van der Waals surface area contributed by atoms with Gasteiger partial charge in [-0.3, -0.25) is 14.9 Å². The number of carbonyl (C=O) groups excluding carboxylic acids is 2. The first kappa shape index (κ1) is 23.3. The Bertz CT molecular complexity index is 811. The number of methoxy groups -OCH3 is 1. The molecule has 0 radical (unpaired) electrons. The third-order valence-electron chi connectivity index (χ3n) is 4.39. The van der Waals surface area contributed by atoms with E-state index in [-0.39, 0.29) is 36.3 Å². The van der Waals surface area contributed by atoms with Crippen LogP contribution in [0.3, 0.4) is 0 Å². The zero-order valence-electron chi connectivity index (χ0n) is 17.5. The fraction of sp³-hybridized carbons (Fsp3) is 0.579. The largest absolute Gasteiger partial charge is 0.444 e. The number of amides is 2. The summed E-state index contributed by atoms with van der Waals surface area (Å²) in [6.07, 6.45) is 0.686. The summed E-state index contributed by atoms with van der Waals surface area (Å²) in [7, 11) is 1.31. The number of nitrogens with zero attached hydrogens (tertiary/aromatic N) is 2. The van der Waals surface area contributed by atoms with Crippen LogP contribution >= 0.6 is 0 Å². The number of benzene rings is 1. The Labute approximate surface area is 173 Å². The molecule has 166 valence electrons. The number of carbonyl (C=O) groups is 2. The van der Waals surface area contributed by atoms with Crippen molar-refractivity contribution < 1.29 is 28.4 Å². The number of nitrogens with one attached hydrogen (secondary N) is 2. The van der Waals surface area contributed by atoms with Crippen LogP contribution in [0.25, 0.3) is 0 Å². The Kier molecular flexibility index (Phi) is 7.54. The smallest absolute Gasteiger partial charge is 0.407 e. The lowest BCUT2D eigenvalue weighted by Gasteiger charge is -2.29. The van der Waals surface area contributed by atoms with Gasteiger partial charge in [-0.05, 0) is 39.7 Å². The van der Waals surface area contributed by atoms with Gasteiger partial charge in [0.15, 0.2) is 0 Å². The topological polar surface area (TPSA) is 123 Å². The quantitative estimate of drug-likeness (QED) is 0.508. The van der Waals surface area contributed by atoms with E-state index in [0.717, 1.165) is 12.1 Å². The zero-order valence-corrected chi connectivity index (χ0v) is 17.5. The molecule has 0 unspecified atom stereocenters. The Morgan fingerprint density at radius 1 is 1.37 bits per heavy atom. The maximum atomic E-state index is 14.6. The van der Waals surface area contributed by atoms with Gasteiger partial charge < -0.3 is 25.0 Å². The van der Waals surface area contributed by atoms with Gasteiger partial charge in [0.2, 0.25) is 5.91 Å². The molecular weight excluding hydrogens is 399 g/mol. The summed E-state index contributed by atoms with van der Waals surface area (Å²) in [5.41, 5.74) is -1.32.